The second-order valence-electron chi connectivity index (χ2n) is 8.41. The van der Waals surface area contributed by atoms with Crippen LogP contribution in [0, 0.1) is 17.9 Å². The van der Waals surface area contributed by atoms with Crippen LogP contribution in [0.3, 0.4) is 0 Å². The predicted molar refractivity (Wildman–Crippen MR) is 159 cm³/mol. The third kappa shape index (κ3) is 5.95. The van der Waals surface area contributed by atoms with Gasteiger partial charge < -0.3 is 25.3 Å². The Bertz CT molecular complexity index is 1770. The quantitative estimate of drug-likeness (QED) is 0.0788. The Hall–Kier alpha value is -4.19. The fraction of sp³-hybridized carbons (Fsp3) is 0. The van der Waals surface area contributed by atoms with E-state index in [0.717, 1.165) is 43.7 Å². The number of nitriles is 1. The van der Waals surface area contributed by atoms with Crippen molar-refractivity contribution in [2.24, 2.45) is 0 Å². The fourth-order valence-electron chi connectivity index (χ4n) is 4.28. The molecule has 0 amide bonds. The predicted octanol–water partition coefficient (Wildman–Crippen LogP) is 7.96. The third-order valence-electron chi connectivity index (χ3n) is 6.09. The molecule has 0 saturated carbocycles. The minimum atomic E-state index is -0.123. The third-order valence-corrected chi connectivity index (χ3v) is 6.80. The van der Waals surface area contributed by atoms with Crippen LogP contribution in [0.1, 0.15) is 0 Å². The van der Waals surface area contributed by atoms with Gasteiger partial charge in [0, 0.05) is 44.7 Å². The number of fused-ring (bicyclic) bond motifs is 5. The van der Waals surface area contributed by atoms with E-state index in [-0.39, 0.29) is 31.0 Å². The molecule has 4 aromatic carbocycles. The Kier molecular flexibility index (Phi) is 8.97. The number of rotatable bonds is 2. The maximum atomic E-state index is 8.01. The van der Waals surface area contributed by atoms with Crippen LogP contribution in [0.25, 0.3) is 59.7 Å². The van der Waals surface area contributed by atoms with Gasteiger partial charge in [-0.2, -0.15) is 5.26 Å². The number of pyridine rings is 2. The van der Waals surface area contributed by atoms with E-state index in [1.807, 2.05) is 24.5 Å². The van der Waals surface area contributed by atoms with Crippen LogP contribution in [-0.2, 0) is 46.3 Å². The van der Waals surface area contributed by atoms with Gasteiger partial charge in [-0.1, -0.05) is 84.9 Å². The molecule has 6 rings (SSSR count). The van der Waals surface area contributed by atoms with E-state index in [1.165, 1.54) is 11.1 Å². The minimum Gasteiger partial charge on any atom is -0.812 e. The van der Waals surface area contributed by atoms with E-state index in [1.54, 1.807) is 6.07 Å². The SMILES string of the molecule is [C-]#[N+]/C([S-])=C(/[S-])C#N.[Pt+2].c1ccc(-c2cnc3c(ccc4ccc5cc(-c6ccccc6)cnc5c43)c2)cc1. The molecule has 188 valence electrons. The second kappa shape index (κ2) is 12.6. The number of allylic oxidation sites excluding steroid dienone is 1. The minimum absolute atomic E-state index is 0. The first kappa shape index (κ1) is 27.8. The van der Waals surface area contributed by atoms with Crippen molar-refractivity contribution >= 4 is 57.8 Å². The zero-order chi connectivity index (χ0) is 26.5. The van der Waals surface area contributed by atoms with Crippen LogP contribution < -0.4 is 0 Å². The van der Waals surface area contributed by atoms with Gasteiger partial charge in [0.2, 0.25) is 0 Å². The standard InChI is InChI=1S/C28H18N2.C4H2N2S2.Pt/c1-3-7-19(8-4-1)24-15-22-13-11-21-12-14-23-16-25(20-9-5-2-6-10-20)18-30-28(23)26(21)27(22)29-17-24;1-6-4(8)3(7)2-5;/h1-18H;7-8H;/q;;+2/p-2/b;4-3-;. The van der Waals surface area contributed by atoms with Gasteiger partial charge in [0.25, 0.3) is 0 Å². The Morgan fingerprint density at radius 3 is 1.49 bits per heavy atom. The summed E-state index contributed by atoms with van der Waals surface area (Å²) in [5.74, 6) is 0. The van der Waals surface area contributed by atoms with Crippen molar-refractivity contribution in [3.63, 3.8) is 0 Å². The van der Waals surface area contributed by atoms with E-state index in [9.17, 15) is 0 Å². The molecule has 0 N–H and O–H groups in total. The first-order valence-electron chi connectivity index (χ1n) is 11.7. The van der Waals surface area contributed by atoms with Crippen LogP contribution in [0.15, 0.2) is 119 Å². The van der Waals surface area contributed by atoms with E-state index in [4.69, 9.17) is 21.8 Å². The van der Waals surface area contributed by atoms with Gasteiger partial charge in [-0.25, -0.2) is 0 Å². The van der Waals surface area contributed by atoms with E-state index in [2.05, 4.69) is 115 Å². The molecule has 4 nitrogen and oxygen atoms in total. The van der Waals surface area contributed by atoms with Crippen molar-refractivity contribution in [3.8, 4) is 28.3 Å². The molecule has 6 aromatic rings. The summed E-state index contributed by atoms with van der Waals surface area (Å²) in [5, 5.41) is 12.4. The maximum Gasteiger partial charge on any atom is 2.00 e. The molecular weight excluding hydrogens is 700 g/mol. The van der Waals surface area contributed by atoms with Crippen LogP contribution >= 0.6 is 0 Å². The Labute approximate surface area is 251 Å². The molecule has 0 fully saturated rings. The molecule has 0 aliphatic heterocycles. The van der Waals surface area contributed by atoms with Crippen molar-refractivity contribution in [2.75, 3.05) is 0 Å². The summed E-state index contributed by atoms with van der Waals surface area (Å²) in [6, 6.07) is 35.4. The molecule has 0 spiro atoms. The van der Waals surface area contributed by atoms with Gasteiger partial charge in [0.05, 0.1) is 23.7 Å². The van der Waals surface area contributed by atoms with Gasteiger partial charge in [-0.05, 0) is 28.6 Å². The van der Waals surface area contributed by atoms with Gasteiger partial charge in [-0.15, -0.1) is 4.91 Å². The number of aromatic nitrogens is 2. The zero-order valence-electron chi connectivity index (χ0n) is 20.3. The van der Waals surface area contributed by atoms with E-state index >= 15 is 0 Å². The first-order valence-corrected chi connectivity index (χ1v) is 12.5. The number of benzene rings is 4. The van der Waals surface area contributed by atoms with Gasteiger partial charge in [0.15, 0.2) is 0 Å². The van der Waals surface area contributed by atoms with Gasteiger partial charge in [0.1, 0.15) is 0 Å². The monoisotopic (exact) mass is 717 g/mol. The molecule has 0 bridgehead atoms. The largest absolute Gasteiger partial charge is 2.00 e. The molecule has 0 aliphatic rings. The molecule has 39 heavy (non-hydrogen) atoms. The van der Waals surface area contributed by atoms with Crippen molar-refractivity contribution in [1.82, 2.24) is 9.97 Å². The van der Waals surface area contributed by atoms with Crippen LogP contribution in [0.5, 0.6) is 0 Å². The summed E-state index contributed by atoms with van der Waals surface area (Å²) in [7, 11) is 0. The Morgan fingerprint density at radius 2 is 1.10 bits per heavy atom. The average Bonchev–Trinajstić information content (AvgIpc) is 3.00. The van der Waals surface area contributed by atoms with Crippen molar-refractivity contribution in [3.05, 3.63) is 131 Å². The van der Waals surface area contributed by atoms with Crippen LogP contribution in [0.2, 0.25) is 0 Å². The normalized spacial score (nSPS) is 10.9. The molecular formula is C32H18N4PtS2. The van der Waals surface area contributed by atoms with Crippen LogP contribution in [-0.4, -0.2) is 9.97 Å². The van der Waals surface area contributed by atoms with E-state index in [0.29, 0.717) is 0 Å². The van der Waals surface area contributed by atoms with Crippen molar-refractivity contribution in [2.45, 2.75) is 0 Å². The smallest absolute Gasteiger partial charge is 0.812 e. The maximum absolute atomic E-state index is 8.01. The molecule has 0 aliphatic carbocycles. The molecule has 0 unspecified atom stereocenters. The topological polar surface area (TPSA) is 53.9 Å². The fourth-order valence-corrected chi connectivity index (χ4v) is 4.37. The average molecular weight is 718 g/mol. The number of hydrogen-bond donors (Lipinski definition) is 0. The summed E-state index contributed by atoms with van der Waals surface area (Å²) in [4.78, 5) is 12.4. The Balaban J connectivity index is 0.000000346. The van der Waals surface area contributed by atoms with E-state index < -0.39 is 0 Å². The van der Waals surface area contributed by atoms with Gasteiger partial charge >= 0.3 is 21.1 Å². The zero-order valence-corrected chi connectivity index (χ0v) is 24.2. The first-order chi connectivity index (χ1) is 18.6. The molecule has 0 atom stereocenters. The second-order valence-corrected chi connectivity index (χ2v) is 9.21. The molecule has 2 heterocycles. The summed E-state index contributed by atoms with van der Waals surface area (Å²) in [6.07, 6.45) is 3.93. The summed E-state index contributed by atoms with van der Waals surface area (Å²) < 4.78 is 0. The Morgan fingerprint density at radius 1 is 0.667 bits per heavy atom. The summed E-state index contributed by atoms with van der Waals surface area (Å²) in [5.41, 5.74) is 6.60. The number of hydrogen-bond acceptors (Lipinski definition) is 5. The van der Waals surface area contributed by atoms with Crippen molar-refractivity contribution in [1.29, 1.82) is 5.26 Å². The van der Waals surface area contributed by atoms with Crippen molar-refractivity contribution < 1.29 is 21.1 Å². The summed E-state index contributed by atoms with van der Waals surface area (Å²) in [6.45, 7) is 6.29. The van der Waals surface area contributed by atoms with Gasteiger partial charge in [-0.3, -0.25) is 14.8 Å². The molecule has 7 heteroatoms. The number of nitrogens with zero attached hydrogens (tertiary/aromatic N) is 4. The molecule has 0 saturated heterocycles. The molecule has 0 radical (unpaired) electrons. The van der Waals surface area contributed by atoms with Crippen LogP contribution in [0.4, 0.5) is 0 Å². The summed E-state index contributed by atoms with van der Waals surface area (Å²) >= 11 is 8.72. The molecule has 2 aromatic heterocycles.